The molecule has 2 rings (SSSR count). The summed E-state index contributed by atoms with van der Waals surface area (Å²) in [6.07, 6.45) is 0.871. The van der Waals surface area contributed by atoms with E-state index in [1.54, 1.807) is 4.90 Å². The Morgan fingerprint density at radius 3 is 2.25 bits per heavy atom. The van der Waals surface area contributed by atoms with Gasteiger partial charge in [0.25, 0.3) is 10.2 Å². The van der Waals surface area contributed by atoms with Crippen molar-refractivity contribution in [1.29, 1.82) is 0 Å². The number of rotatable bonds is 3. The van der Waals surface area contributed by atoms with Crippen molar-refractivity contribution >= 4 is 16.1 Å². The molecule has 0 aliphatic carbocycles. The zero-order chi connectivity index (χ0) is 14.9. The Labute approximate surface area is 121 Å². The van der Waals surface area contributed by atoms with Crippen molar-refractivity contribution in [3.8, 4) is 0 Å². The summed E-state index contributed by atoms with van der Waals surface area (Å²) in [5, 5.41) is 3.28. The minimum absolute atomic E-state index is 0.0343. The maximum atomic E-state index is 12.4. The van der Waals surface area contributed by atoms with Crippen LogP contribution in [0.2, 0.25) is 0 Å². The van der Waals surface area contributed by atoms with Gasteiger partial charge in [-0.25, -0.2) is 0 Å². The van der Waals surface area contributed by atoms with Gasteiger partial charge in [-0.15, -0.1) is 0 Å². The Morgan fingerprint density at radius 2 is 1.80 bits per heavy atom. The fraction of sp³-hybridized carbons (Fsp3) is 0.917. The first-order valence-corrected chi connectivity index (χ1v) is 8.43. The topological polar surface area (TPSA) is 73.0 Å². The van der Waals surface area contributed by atoms with E-state index < -0.39 is 10.2 Å². The van der Waals surface area contributed by atoms with Crippen LogP contribution in [0, 0.1) is 5.92 Å². The zero-order valence-electron chi connectivity index (χ0n) is 12.4. The highest BCUT2D eigenvalue weighted by Gasteiger charge is 2.36. The lowest BCUT2D eigenvalue weighted by molar-refractivity contribution is -0.136. The molecule has 0 saturated carbocycles. The average molecular weight is 304 g/mol. The van der Waals surface area contributed by atoms with E-state index in [4.69, 9.17) is 0 Å². The Kier molecular flexibility index (Phi) is 4.68. The molecule has 2 atom stereocenters. The first-order chi connectivity index (χ1) is 9.34. The molecule has 1 N–H and O–H groups in total. The third kappa shape index (κ3) is 2.98. The maximum Gasteiger partial charge on any atom is 0.281 e. The van der Waals surface area contributed by atoms with Gasteiger partial charge in [-0.3, -0.25) is 4.79 Å². The van der Waals surface area contributed by atoms with Crippen molar-refractivity contribution in [2.24, 2.45) is 5.92 Å². The van der Waals surface area contributed by atoms with Gasteiger partial charge < -0.3 is 10.2 Å². The smallest absolute Gasteiger partial charge is 0.281 e. The summed E-state index contributed by atoms with van der Waals surface area (Å²) in [5.41, 5.74) is 0. The van der Waals surface area contributed by atoms with Crippen molar-refractivity contribution in [2.75, 3.05) is 46.8 Å². The predicted molar refractivity (Wildman–Crippen MR) is 76.3 cm³/mol. The molecule has 2 aliphatic rings. The SMILES string of the molecule is CC1NCCC1C(=O)N1CCN(S(=O)(=O)N(C)C)CC1. The fourth-order valence-electron chi connectivity index (χ4n) is 2.80. The zero-order valence-corrected chi connectivity index (χ0v) is 13.2. The van der Waals surface area contributed by atoms with E-state index >= 15 is 0 Å². The fourth-order valence-corrected chi connectivity index (χ4v) is 3.89. The molecule has 8 heteroatoms. The van der Waals surface area contributed by atoms with E-state index in [-0.39, 0.29) is 17.9 Å². The van der Waals surface area contributed by atoms with E-state index in [0.29, 0.717) is 26.2 Å². The van der Waals surface area contributed by atoms with Crippen LogP contribution < -0.4 is 5.32 Å². The molecular weight excluding hydrogens is 280 g/mol. The second-order valence-electron chi connectivity index (χ2n) is 5.65. The normalized spacial score (nSPS) is 29.1. The van der Waals surface area contributed by atoms with Crippen LogP contribution in [0.1, 0.15) is 13.3 Å². The van der Waals surface area contributed by atoms with E-state index in [0.717, 1.165) is 13.0 Å². The second kappa shape index (κ2) is 5.97. The summed E-state index contributed by atoms with van der Waals surface area (Å²) in [5.74, 6) is 0.191. The Balaban J connectivity index is 1.93. The van der Waals surface area contributed by atoms with Crippen LogP contribution in [0.3, 0.4) is 0 Å². The molecule has 1 amide bonds. The van der Waals surface area contributed by atoms with Crippen molar-refractivity contribution in [3.63, 3.8) is 0 Å². The molecule has 2 fully saturated rings. The molecule has 2 unspecified atom stereocenters. The largest absolute Gasteiger partial charge is 0.340 e. The molecule has 0 radical (unpaired) electrons. The van der Waals surface area contributed by atoms with Gasteiger partial charge in [0.1, 0.15) is 0 Å². The van der Waals surface area contributed by atoms with Gasteiger partial charge in [-0.05, 0) is 19.9 Å². The molecule has 2 saturated heterocycles. The molecule has 2 aliphatic heterocycles. The monoisotopic (exact) mass is 304 g/mol. The minimum Gasteiger partial charge on any atom is -0.340 e. The van der Waals surface area contributed by atoms with E-state index in [1.807, 2.05) is 6.92 Å². The molecule has 0 spiro atoms. The first-order valence-electron chi connectivity index (χ1n) is 7.04. The highest BCUT2D eigenvalue weighted by molar-refractivity contribution is 7.86. The molecule has 20 heavy (non-hydrogen) atoms. The molecular formula is C12H24N4O3S. The lowest BCUT2D eigenvalue weighted by Crippen LogP contribution is -2.54. The quantitative estimate of drug-likeness (QED) is 0.721. The molecule has 0 aromatic heterocycles. The summed E-state index contributed by atoms with van der Waals surface area (Å²) in [7, 11) is -0.309. The predicted octanol–water partition coefficient (Wildman–Crippen LogP) is -1.06. The summed E-state index contributed by atoms with van der Waals surface area (Å²) in [6, 6.07) is 0.214. The third-order valence-corrected chi connectivity index (χ3v) is 6.12. The Bertz CT molecular complexity index is 457. The summed E-state index contributed by atoms with van der Waals surface area (Å²) < 4.78 is 26.7. The van der Waals surface area contributed by atoms with Crippen LogP contribution in [-0.2, 0) is 15.0 Å². The summed E-state index contributed by atoms with van der Waals surface area (Å²) >= 11 is 0. The Morgan fingerprint density at radius 1 is 1.20 bits per heavy atom. The minimum atomic E-state index is -3.36. The van der Waals surface area contributed by atoms with Crippen molar-refractivity contribution in [2.45, 2.75) is 19.4 Å². The summed E-state index contributed by atoms with van der Waals surface area (Å²) in [6.45, 7) is 4.63. The number of carbonyl (C=O) groups excluding carboxylic acids is 1. The van der Waals surface area contributed by atoms with Crippen LogP contribution >= 0.6 is 0 Å². The van der Waals surface area contributed by atoms with Gasteiger partial charge in [0.15, 0.2) is 0 Å². The molecule has 7 nitrogen and oxygen atoms in total. The van der Waals surface area contributed by atoms with Crippen LogP contribution in [0.4, 0.5) is 0 Å². The van der Waals surface area contributed by atoms with Crippen molar-refractivity contribution in [1.82, 2.24) is 18.8 Å². The molecule has 2 heterocycles. The highest BCUT2D eigenvalue weighted by atomic mass is 32.2. The molecule has 0 aromatic carbocycles. The molecule has 0 aromatic rings. The van der Waals surface area contributed by atoms with Gasteiger partial charge in [0, 0.05) is 46.3 Å². The van der Waals surface area contributed by atoms with E-state index in [1.165, 1.54) is 22.7 Å². The molecule has 116 valence electrons. The first kappa shape index (κ1) is 15.7. The van der Waals surface area contributed by atoms with Crippen LogP contribution in [0.15, 0.2) is 0 Å². The van der Waals surface area contributed by atoms with Gasteiger partial charge in [-0.2, -0.15) is 17.0 Å². The number of carbonyl (C=O) groups is 1. The van der Waals surface area contributed by atoms with Gasteiger partial charge >= 0.3 is 0 Å². The van der Waals surface area contributed by atoms with Crippen molar-refractivity contribution in [3.05, 3.63) is 0 Å². The number of hydrogen-bond acceptors (Lipinski definition) is 4. The third-order valence-electron chi connectivity index (χ3n) is 4.18. The van der Waals surface area contributed by atoms with Gasteiger partial charge in [0.2, 0.25) is 5.91 Å². The summed E-state index contributed by atoms with van der Waals surface area (Å²) in [4.78, 5) is 14.2. The lowest BCUT2D eigenvalue weighted by Gasteiger charge is -2.36. The second-order valence-corrected chi connectivity index (χ2v) is 7.79. The van der Waals surface area contributed by atoms with Gasteiger partial charge in [-0.1, -0.05) is 0 Å². The van der Waals surface area contributed by atoms with Crippen LogP contribution in [-0.4, -0.2) is 80.7 Å². The van der Waals surface area contributed by atoms with Crippen LogP contribution in [0.25, 0.3) is 0 Å². The number of amides is 1. The van der Waals surface area contributed by atoms with E-state index in [2.05, 4.69) is 5.32 Å². The maximum absolute atomic E-state index is 12.4. The number of nitrogens with one attached hydrogen (secondary N) is 1. The van der Waals surface area contributed by atoms with E-state index in [9.17, 15) is 13.2 Å². The Hall–Kier alpha value is -0.700. The number of piperazine rings is 1. The van der Waals surface area contributed by atoms with Crippen molar-refractivity contribution < 1.29 is 13.2 Å². The van der Waals surface area contributed by atoms with Crippen LogP contribution in [0.5, 0.6) is 0 Å². The average Bonchev–Trinajstić information content (AvgIpc) is 2.84. The number of hydrogen-bond donors (Lipinski definition) is 1. The van der Waals surface area contributed by atoms with Gasteiger partial charge in [0.05, 0.1) is 5.92 Å². The number of nitrogens with zero attached hydrogens (tertiary/aromatic N) is 3. The lowest BCUT2D eigenvalue weighted by atomic mass is 10.00. The highest BCUT2D eigenvalue weighted by Crippen LogP contribution is 2.20. The standard InChI is InChI=1S/C12H24N4O3S/c1-10-11(4-5-13-10)12(17)15-6-8-16(9-7-15)20(18,19)14(2)3/h10-11,13H,4-9H2,1-3H3. The molecule has 0 bridgehead atoms.